The van der Waals surface area contributed by atoms with Crippen molar-refractivity contribution in [1.29, 1.82) is 0 Å². The van der Waals surface area contributed by atoms with Gasteiger partial charge in [0.2, 0.25) is 11.6 Å². The standard InChI is InChI=1S/C26H31N5O4S/c1-14(2)22(21-10-15(3)29-34-21)25(33)31-12-19(32)11-20(31)24-28-26(5,35-30-24)18-8-6-17(7-9-18)23-16(4)27-13-36-23/h6-10,13-14,19-20,22,32H,11-12H2,1-5H3,(H,28,30)/t19-,20+,22+,26?/m1/s1. The zero-order valence-corrected chi connectivity index (χ0v) is 21.9. The molecule has 4 heterocycles. The third-order valence-electron chi connectivity index (χ3n) is 6.90. The highest BCUT2D eigenvalue weighted by atomic mass is 32.1. The summed E-state index contributed by atoms with van der Waals surface area (Å²) < 4.78 is 5.46. The Balaban J connectivity index is 1.35. The molecule has 2 aromatic heterocycles. The second-order valence-electron chi connectivity index (χ2n) is 10.1. The normalized spacial score (nSPS) is 24.5. The number of carbonyl (C=O) groups is 1. The number of likely N-dealkylation sites (tertiary alicyclic amines) is 1. The van der Waals surface area contributed by atoms with Gasteiger partial charge in [-0.2, -0.15) is 0 Å². The fourth-order valence-corrected chi connectivity index (χ4v) is 5.79. The van der Waals surface area contributed by atoms with Gasteiger partial charge in [0.25, 0.3) is 0 Å². The van der Waals surface area contributed by atoms with E-state index < -0.39 is 23.8 Å². The van der Waals surface area contributed by atoms with Crippen molar-refractivity contribution in [3.05, 3.63) is 58.6 Å². The van der Waals surface area contributed by atoms with E-state index >= 15 is 0 Å². The number of carbonyl (C=O) groups excluding carboxylic acids is 1. The first-order valence-corrected chi connectivity index (χ1v) is 13.0. The number of amides is 1. The molecule has 2 N–H and O–H groups in total. The lowest BCUT2D eigenvalue weighted by molar-refractivity contribution is -0.134. The zero-order valence-electron chi connectivity index (χ0n) is 21.1. The number of rotatable bonds is 6. The van der Waals surface area contributed by atoms with E-state index in [2.05, 4.69) is 20.6 Å². The van der Waals surface area contributed by atoms with Crippen molar-refractivity contribution in [2.45, 2.75) is 64.8 Å². The lowest BCUT2D eigenvalue weighted by Crippen LogP contribution is -2.50. The van der Waals surface area contributed by atoms with Crippen LogP contribution in [0.3, 0.4) is 0 Å². The van der Waals surface area contributed by atoms with Gasteiger partial charge in [-0.1, -0.05) is 48.4 Å². The molecule has 2 aliphatic heterocycles. The molecule has 9 nitrogen and oxygen atoms in total. The first-order chi connectivity index (χ1) is 17.2. The number of aliphatic hydroxyl groups is 1. The Morgan fingerprint density at radius 1 is 1.28 bits per heavy atom. The van der Waals surface area contributed by atoms with Gasteiger partial charge in [0.05, 0.1) is 33.9 Å². The van der Waals surface area contributed by atoms with E-state index in [1.165, 1.54) is 0 Å². The molecule has 4 atom stereocenters. The molecule has 0 radical (unpaired) electrons. The number of β-amino-alcohol motifs (C(OH)–C–C–N with tert-alkyl or cyclic N) is 1. The molecule has 1 aromatic carbocycles. The molecule has 3 aromatic rings. The van der Waals surface area contributed by atoms with E-state index in [-0.39, 0.29) is 18.4 Å². The van der Waals surface area contributed by atoms with Crippen molar-refractivity contribution in [1.82, 2.24) is 20.4 Å². The van der Waals surface area contributed by atoms with Crippen molar-refractivity contribution in [3.63, 3.8) is 0 Å². The van der Waals surface area contributed by atoms with E-state index in [9.17, 15) is 9.90 Å². The number of nitrogens with zero attached hydrogens (tertiary/aromatic N) is 4. The number of thiazole rings is 1. The fourth-order valence-electron chi connectivity index (χ4n) is 4.98. The van der Waals surface area contributed by atoms with Gasteiger partial charge < -0.3 is 24.7 Å². The number of amidine groups is 1. The van der Waals surface area contributed by atoms with Crippen LogP contribution in [0.5, 0.6) is 0 Å². The molecule has 0 spiro atoms. The van der Waals surface area contributed by atoms with E-state index in [1.807, 2.05) is 64.4 Å². The summed E-state index contributed by atoms with van der Waals surface area (Å²) >= 11 is 1.61. The highest BCUT2D eigenvalue weighted by Gasteiger charge is 2.46. The third kappa shape index (κ3) is 4.39. The number of nitrogens with one attached hydrogen (secondary N) is 1. The van der Waals surface area contributed by atoms with Crippen LogP contribution in [0.4, 0.5) is 0 Å². The fraction of sp³-hybridized carbons (Fsp3) is 0.462. The summed E-state index contributed by atoms with van der Waals surface area (Å²) in [4.78, 5) is 26.8. The summed E-state index contributed by atoms with van der Waals surface area (Å²) in [5.74, 6) is 0.428. The number of aliphatic hydroxyl groups excluding tert-OH is 1. The number of benzene rings is 1. The van der Waals surface area contributed by atoms with Crippen molar-refractivity contribution >= 4 is 23.1 Å². The molecule has 10 heteroatoms. The SMILES string of the molecule is Cc1cc([C@@H](C(=O)N2C[C@H](O)C[C@H]2C2=NOC(C)(c3ccc(-c4scnc4C)cc3)N2)C(C)C)on1. The van der Waals surface area contributed by atoms with Crippen LogP contribution in [0.15, 0.2) is 45.5 Å². The van der Waals surface area contributed by atoms with Gasteiger partial charge in [-0.25, -0.2) is 4.98 Å². The van der Waals surface area contributed by atoms with Crippen molar-refractivity contribution in [3.8, 4) is 10.4 Å². The maximum absolute atomic E-state index is 13.7. The number of oxime groups is 1. The average Bonchev–Trinajstić information content (AvgIpc) is 3.62. The van der Waals surface area contributed by atoms with Gasteiger partial charge in [-0.15, -0.1) is 11.3 Å². The van der Waals surface area contributed by atoms with Crippen molar-refractivity contribution in [2.24, 2.45) is 11.1 Å². The first kappa shape index (κ1) is 24.5. The van der Waals surface area contributed by atoms with Crippen LogP contribution in [0, 0.1) is 19.8 Å². The summed E-state index contributed by atoms with van der Waals surface area (Å²) in [6.07, 6.45) is -0.276. The molecule has 0 saturated carbocycles. The minimum atomic E-state index is -0.891. The van der Waals surface area contributed by atoms with Crippen LogP contribution in [0.25, 0.3) is 10.4 Å². The van der Waals surface area contributed by atoms with Crippen molar-refractivity contribution in [2.75, 3.05) is 6.54 Å². The second kappa shape index (κ2) is 9.33. The van der Waals surface area contributed by atoms with Gasteiger partial charge in [-0.05, 0) is 25.3 Å². The van der Waals surface area contributed by atoms with Crippen LogP contribution in [0.2, 0.25) is 0 Å². The van der Waals surface area contributed by atoms with Crippen LogP contribution < -0.4 is 5.32 Å². The minimum absolute atomic E-state index is 0.0102. The predicted octanol–water partition coefficient (Wildman–Crippen LogP) is 3.92. The lowest BCUT2D eigenvalue weighted by atomic mass is 9.91. The Bertz CT molecular complexity index is 1280. The van der Waals surface area contributed by atoms with Gasteiger partial charge in [0, 0.05) is 31.5 Å². The Morgan fingerprint density at radius 2 is 2.03 bits per heavy atom. The Hall–Kier alpha value is -3.24. The molecular formula is C26H31N5O4S. The molecule has 1 unspecified atom stereocenters. The molecule has 1 saturated heterocycles. The number of aryl methyl sites for hydroxylation is 2. The monoisotopic (exact) mass is 509 g/mol. The van der Waals surface area contributed by atoms with E-state index in [4.69, 9.17) is 9.36 Å². The summed E-state index contributed by atoms with van der Waals surface area (Å²) in [6.45, 7) is 9.91. The highest BCUT2D eigenvalue weighted by Crippen LogP contribution is 2.35. The van der Waals surface area contributed by atoms with E-state index in [1.54, 1.807) is 22.3 Å². The average molecular weight is 510 g/mol. The zero-order chi connectivity index (χ0) is 25.6. The molecule has 0 bridgehead atoms. The van der Waals surface area contributed by atoms with E-state index in [0.717, 1.165) is 27.4 Å². The maximum Gasteiger partial charge on any atom is 0.234 e. The number of hydrogen-bond acceptors (Lipinski definition) is 9. The molecule has 2 aliphatic rings. The first-order valence-electron chi connectivity index (χ1n) is 12.1. The molecule has 1 amide bonds. The van der Waals surface area contributed by atoms with Crippen LogP contribution >= 0.6 is 11.3 Å². The molecule has 0 aliphatic carbocycles. The topological polar surface area (TPSA) is 113 Å². The van der Waals surface area contributed by atoms with Gasteiger partial charge >= 0.3 is 0 Å². The summed E-state index contributed by atoms with van der Waals surface area (Å²) in [6, 6.07) is 9.48. The van der Waals surface area contributed by atoms with Crippen LogP contribution in [0.1, 0.15) is 55.8 Å². The van der Waals surface area contributed by atoms with Gasteiger partial charge in [0.1, 0.15) is 11.7 Å². The molecule has 5 rings (SSSR count). The second-order valence-corrected chi connectivity index (χ2v) is 10.9. The summed E-state index contributed by atoms with van der Waals surface area (Å²) in [7, 11) is 0. The molecular weight excluding hydrogens is 478 g/mol. The highest BCUT2D eigenvalue weighted by molar-refractivity contribution is 7.13. The van der Waals surface area contributed by atoms with Crippen LogP contribution in [-0.2, 0) is 15.4 Å². The van der Waals surface area contributed by atoms with Gasteiger partial charge in [0.15, 0.2) is 5.84 Å². The third-order valence-corrected chi connectivity index (χ3v) is 7.88. The van der Waals surface area contributed by atoms with Gasteiger partial charge in [-0.3, -0.25) is 4.79 Å². The van der Waals surface area contributed by atoms with Crippen molar-refractivity contribution < 1.29 is 19.3 Å². The number of hydrogen-bond donors (Lipinski definition) is 2. The molecule has 36 heavy (non-hydrogen) atoms. The Labute approximate surface area is 214 Å². The van der Waals surface area contributed by atoms with Crippen LogP contribution in [-0.4, -0.2) is 50.6 Å². The predicted molar refractivity (Wildman–Crippen MR) is 136 cm³/mol. The molecule has 1 fully saturated rings. The maximum atomic E-state index is 13.7. The molecule has 190 valence electrons. The largest absolute Gasteiger partial charge is 0.391 e. The lowest BCUT2D eigenvalue weighted by Gasteiger charge is -2.30. The number of aromatic nitrogens is 2. The Morgan fingerprint density at radius 3 is 2.64 bits per heavy atom. The minimum Gasteiger partial charge on any atom is -0.391 e. The Kier molecular flexibility index (Phi) is 6.34. The summed E-state index contributed by atoms with van der Waals surface area (Å²) in [5, 5.41) is 22.2. The smallest absolute Gasteiger partial charge is 0.234 e. The van der Waals surface area contributed by atoms with E-state index in [0.29, 0.717) is 18.0 Å². The summed E-state index contributed by atoms with van der Waals surface area (Å²) in [5.41, 5.74) is 4.69. The quantitative estimate of drug-likeness (QED) is 0.518.